The SMILES string of the molecule is CCc1nnc(NCc2cccc(NC(=O)c3cccc(F)c3)c2)c(C#N)c1CC. The molecular weight excluding hydrogens is 381 g/mol. The molecule has 0 spiro atoms. The topological polar surface area (TPSA) is 90.7 Å². The number of nitrogens with one attached hydrogen (secondary N) is 2. The van der Waals surface area contributed by atoms with Crippen LogP contribution in [0.15, 0.2) is 48.5 Å². The van der Waals surface area contributed by atoms with Gasteiger partial charge < -0.3 is 10.6 Å². The van der Waals surface area contributed by atoms with E-state index >= 15 is 0 Å². The van der Waals surface area contributed by atoms with Gasteiger partial charge in [-0.2, -0.15) is 10.4 Å². The molecule has 0 unspecified atom stereocenters. The van der Waals surface area contributed by atoms with Crippen LogP contribution in [0.5, 0.6) is 0 Å². The van der Waals surface area contributed by atoms with Crippen LogP contribution in [0.1, 0.15) is 46.6 Å². The zero-order valence-corrected chi connectivity index (χ0v) is 16.9. The highest BCUT2D eigenvalue weighted by Gasteiger charge is 2.14. The van der Waals surface area contributed by atoms with E-state index in [9.17, 15) is 14.4 Å². The molecule has 0 aliphatic carbocycles. The maximum Gasteiger partial charge on any atom is 0.255 e. The number of anilines is 2. The minimum absolute atomic E-state index is 0.246. The maximum absolute atomic E-state index is 13.3. The maximum atomic E-state index is 13.3. The predicted molar refractivity (Wildman–Crippen MR) is 114 cm³/mol. The van der Waals surface area contributed by atoms with Gasteiger partial charge in [0, 0.05) is 17.8 Å². The van der Waals surface area contributed by atoms with E-state index in [0.29, 0.717) is 30.0 Å². The number of aryl methyl sites for hydroxylation is 1. The number of rotatable bonds is 7. The van der Waals surface area contributed by atoms with Crippen molar-refractivity contribution < 1.29 is 9.18 Å². The third kappa shape index (κ3) is 4.78. The second kappa shape index (κ2) is 9.61. The van der Waals surface area contributed by atoms with Gasteiger partial charge in [-0.05, 0) is 54.3 Å². The number of nitriles is 1. The van der Waals surface area contributed by atoms with Crippen molar-refractivity contribution in [1.82, 2.24) is 10.2 Å². The Morgan fingerprint density at radius 1 is 1.10 bits per heavy atom. The second-order valence-electron chi connectivity index (χ2n) is 6.69. The molecule has 152 valence electrons. The summed E-state index contributed by atoms with van der Waals surface area (Å²) in [6.07, 6.45) is 1.43. The second-order valence-corrected chi connectivity index (χ2v) is 6.69. The fraction of sp³-hybridized carbons (Fsp3) is 0.217. The molecule has 0 saturated heterocycles. The van der Waals surface area contributed by atoms with Gasteiger partial charge in [0.1, 0.15) is 17.4 Å². The molecule has 30 heavy (non-hydrogen) atoms. The van der Waals surface area contributed by atoms with Crippen LogP contribution in [-0.2, 0) is 19.4 Å². The number of nitrogens with zero attached hydrogens (tertiary/aromatic N) is 3. The van der Waals surface area contributed by atoms with Gasteiger partial charge in [-0.25, -0.2) is 4.39 Å². The smallest absolute Gasteiger partial charge is 0.255 e. The molecule has 7 heteroatoms. The third-order valence-electron chi connectivity index (χ3n) is 4.69. The third-order valence-corrected chi connectivity index (χ3v) is 4.69. The Kier molecular flexibility index (Phi) is 6.71. The number of hydrogen-bond donors (Lipinski definition) is 2. The zero-order valence-electron chi connectivity index (χ0n) is 16.9. The van der Waals surface area contributed by atoms with E-state index in [-0.39, 0.29) is 11.5 Å². The Bertz CT molecular complexity index is 1110. The molecule has 0 aliphatic rings. The van der Waals surface area contributed by atoms with Gasteiger partial charge in [0.25, 0.3) is 5.91 Å². The van der Waals surface area contributed by atoms with E-state index in [1.54, 1.807) is 12.1 Å². The van der Waals surface area contributed by atoms with Crippen LogP contribution >= 0.6 is 0 Å². The van der Waals surface area contributed by atoms with E-state index in [1.807, 2.05) is 32.0 Å². The minimum atomic E-state index is -0.462. The van der Waals surface area contributed by atoms with E-state index in [1.165, 1.54) is 18.2 Å². The normalized spacial score (nSPS) is 10.3. The predicted octanol–water partition coefficient (Wildman–Crippen LogP) is 4.48. The summed E-state index contributed by atoms with van der Waals surface area (Å²) < 4.78 is 13.3. The van der Waals surface area contributed by atoms with Crippen molar-refractivity contribution >= 4 is 17.4 Å². The molecule has 0 radical (unpaired) electrons. The number of hydrogen-bond acceptors (Lipinski definition) is 5. The lowest BCUT2D eigenvalue weighted by Crippen LogP contribution is -2.13. The molecule has 3 aromatic rings. The molecule has 2 aromatic carbocycles. The van der Waals surface area contributed by atoms with Crippen molar-refractivity contribution in [3.8, 4) is 6.07 Å². The Balaban J connectivity index is 1.73. The molecule has 0 fully saturated rings. The minimum Gasteiger partial charge on any atom is -0.363 e. The van der Waals surface area contributed by atoms with Gasteiger partial charge in [-0.1, -0.05) is 32.0 Å². The number of carbonyl (C=O) groups excluding carboxylic acids is 1. The van der Waals surface area contributed by atoms with Gasteiger partial charge in [-0.3, -0.25) is 4.79 Å². The van der Waals surface area contributed by atoms with Crippen LogP contribution in [0.2, 0.25) is 0 Å². The van der Waals surface area contributed by atoms with Crippen molar-refractivity contribution in [3.63, 3.8) is 0 Å². The highest BCUT2D eigenvalue weighted by atomic mass is 19.1. The number of amides is 1. The Hall–Kier alpha value is -3.79. The van der Waals surface area contributed by atoms with Gasteiger partial charge in [0.2, 0.25) is 0 Å². The lowest BCUT2D eigenvalue weighted by Gasteiger charge is -2.13. The number of aromatic nitrogens is 2. The molecule has 0 aliphatic heterocycles. The van der Waals surface area contributed by atoms with Crippen molar-refractivity contribution in [2.24, 2.45) is 0 Å². The Morgan fingerprint density at radius 3 is 2.60 bits per heavy atom. The van der Waals surface area contributed by atoms with E-state index in [0.717, 1.165) is 23.2 Å². The fourth-order valence-electron chi connectivity index (χ4n) is 3.19. The van der Waals surface area contributed by atoms with Crippen LogP contribution in [0.25, 0.3) is 0 Å². The molecule has 2 N–H and O–H groups in total. The summed E-state index contributed by atoms with van der Waals surface area (Å²) in [7, 11) is 0. The first kappa shape index (κ1) is 20.9. The summed E-state index contributed by atoms with van der Waals surface area (Å²) >= 11 is 0. The summed E-state index contributed by atoms with van der Waals surface area (Å²) in [6, 6.07) is 15.0. The van der Waals surface area contributed by atoms with Crippen molar-refractivity contribution in [2.45, 2.75) is 33.2 Å². The average molecular weight is 403 g/mol. The van der Waals surface area contributed by atoms with Crippen molar-refractivity contribution in [3.05, 3.63) is 82.3 Å². The first-order valence-electron chi connectivity index (χ1n) is 9.74. The lowest BCUT2D eigenvalue weighted by molar-refractivity contribution is 0.102. The lowest BCUT2D eigenvalue weighted by atomic mass is 10.0. The average Bonchev–Trinajstić information content (AvgIpc) is 2.77. The molecule has 0 atom stereocenters. The summed E-state index contributed by atoms with van der Waals surface area (Å²) in [5.41, 5.74) is 3.98. The van der Waals surface area contributed by atoms with E-state index in [2.05, 4.69) is 26.9 Å². The summed E-state index contributed by atoms with van der Waals surface area (Å²) in [5, 5.41) is 23.9. The molecule has 0 bridgehead atoms. The fourth-order valence-corrected chi connectivity index (χ4v) is 3.19. The van der Waals surface area contributed by atoms with Crippen LogP contribution in [0.4, 0.5) is 15.9 Å². The Labute approximate surface area is 174 Å². The molecular formula is C23H22FN5O. The largest absolute Gasteiger partial charge is 0.363 e. The zero-order chi connectivity index (χ0) is 21.5. The first-order valence-corrected chi connectivity index (χ1v) is 9.74. The molecule has 6 nitrogen and oxygen atoms in total. The molecule has 3 rings (SSSR count). The van der Waals surface area contributed by atoms with Gasteiger partial charge >= 0.3 is 0 Å². The highest BCUT2D eigenvalue weighted by molar-refractivity contribution is 6.04. The van der Waals surface area contributed by atoms with Crippen LogP contribution in [0.3, 0.4) is 0 Å². The summed E-state index contributed by atoms with van der Waals surface area (Å²) in [6.45, 7) is 4.38. The number of halogens is 1. The number of carbonyl (C=O) groups is 1. The molecule has 1 amide bonds. The standard InChI is InChI=1S/C23H22FN5O/c1-3-19-20(13-25)22(29-28-21(19)4-2)26-14-15-7-5-10-18(11-15)27-23(30)16-8-6-9-17(24)12-16/h5-12H,3-4,14H2,1-2H3,(H,26,29)(H,27,30). The van der Waals surface area contributed by atoms with Crippen molar-refractivity contribution in [2.75, 3.05) is 10.6 Å². The van der Waals surface area contributed by atoms with Gasteiger partial charge in [0.05, 0.1) is 5.69 Å². The highest BCUT2D eigenvalue weighted by Crippen LogP contribution is 2.21. The van der Waals surface area contributed by atoms with Gasteiger partial charge in [-0.15, -0.1) is 5.10 Å². The van der Waals surface area contributed by atoms with Crippen molar-refractivity contribution in [1.29, 1.82) is 5.26 Å². The summed E-state index contributed by atoms with van der Waals surface area (Å²) in [4.78, 5) is 12.3. The first-order chi connectivity index (χ1) is 14.5. The van der Waals surface area contributed by atoms with Crippen LogP contribution < -0.4 is 10.6 Å². The van der Waals surface area contributed by atoms with Gasteiger partial charge in [0.15, 0.2) is 5.82 Å². The monoisotopic (exact) mass is 403 g/mol. The molecule has 1 aromatic heterocycles. The number of benzene rings is 2. The molecule has 0 saturated carbocycles. The van der Waals surface area contributed by atoms with Crippen LogP contribution in [-0.4, -0.2) is 16.1 Å². The Morgan fingerprint density at radius 2 is 1.90 bits per heavy atom. The van der Waals surface area contributed by atoms with E-state index < -0.39 is 5.82 Å². The summed E-state index contributed by atoms with van der Waals surface area (Å²) in [5.74, 6) is -0.406. The quantitative estimate of drug-likeness (QED) is 0.607. The van der Waals surface area contributed by atoms with E-state index in [4.69, 9.17) is 0 Å². The molecule has 1 heterocycles. The van der Waals surface area contributed by atoms with Crippen LogP contribution in [0, 0.1) is 17.1 Å².